The van der Waals surface area contributed by atoms with E-state index in [4.69, 9.17) is 4.74 Å². The topological polar surface area (TPSA) is 67.4 Å². The quantitative estimate of drug-likeness (QED) is 0.641. The van der Waals surface area contributed by atoms with Gasteiger partial charge in [-0.05, 0) is 62.7 Å². The molecule has 0 radical (unpaired) electrons. The predicted octanol–water partition coefficient (Wildman–Crippen LogP) is 4.97. The zero-order chi connectivity index (χ0) is 22.3. The van der Waals surface area contributed by atoms with Crippen LogP contribution >= 0.6 is 11.3 Å². The van der Waals surface area contributed by atoms with Crippen molar-refractivity contribution in [3.8, 4) is 0 Å². The lowest BCUT2D eigenvalue weighted by molar-refractivity contribution is -0.133. The van der Waals surface area contributed by atoms with Gasteiger partial charge in [-0.25, -0.2) is 0 Å². The molecular weight excluding hydrogens is 441 g/mol. The molecular formula is C23H27F3N2O3S. The van der Waals surface area contributed by atoms with Crippen LogP contribution in [-0.2, 0) is 16.0 Å². The molecule has 6 bridgehead atoms. The number of hydrogen-bond donors (Lipinski definition) is 2. The van der Waals surface area contributed by atoms with E-state index in [1.165, 1.54) is 17.8 Å². The molecule has 1 aromatic heterocycles. The summed E-state index contributed by atoms with van der Waals surface area (Å²) in [6.07, 6.45) is 2.19. The van der Waals surface area contributed by atoms with Crippen LogP contribution in [0.15, 0.2) is 0 Å². The van der Waals surface area contributed by atoms with E-state index in [1.807, 2.05) is 0 Å². The molecule has 0 spiro atoms. The minimum atomic E-state index is -4.33. The highest BCUT2D eigenvalue weighted by Gasteiger charge is 2.61. The molecule has 7 rings (SSSR count). The SMILES string of the molecule is O=C(NCCC(F)(F)F)c1c(NC(=O)C23CC4CC(CC2C4)C3)sc2c1C1CCC(C2)O1. The number of alkyl halides is 3. The number of fused-ring (bicyclic) bond motifs is 4. The maximum Gasteiger partial charge on any atom is 0.390 e. The minimum absolute atomic E-state index is 0.00113. The molecule has 1 aromatic rings. The smallest absolute Gasteiger partial charge is 0.370 e. The highest BCUT2D eigenvalue weighted by molar-refractivity contribution is 7.17. The summed E-state index contributed by atoms with van der Waals surface area (Å²) in [5.41, 5.74) is 0.760. The van der Waals surface area contributed by atoms with Crippen LogP contribution in [0.4, 0.5) is 18.2 Å². The Labute approximate surface area is 188 Å². The molecule has 32 heavy (non-hydrogen) atoms. The van der Waals surface area contributed by atoms with Crippen LogP contribution in [0, 0.1) is 23.2 Å². The second-order valence-corrected chi connectivity index (χ2v) is 11.6. The van der Waals surface area contributed by atoms with Crippen LogP contribution < -0.4 is 10.6 Å². The zero-order valence-corrected chi connectivity index (χ0v) is 18.5. The number of thiophene rings is 1. The van der Waals surface area contributed by atoms with Crippen molar-refractivity contribution < 1.29 is 27.5 Å². The van der Waals surface area contributed by atoms with E-state index in [-0.39, 0.29) is 23.5 Å². The maximum atomic E-state index is 13.6. The van der Waals surface area contributed by atoms with Crippen molar-refractivity contribution in [1.82, 2.24) is 5.32 Å². The van der Waals surface area contributed by atoms with Crippen molar-refractivity contribution in [2.45, 2.75) is 76.2 Å². The number of carbonyl (C=O) groups is 2. The molecule has 2 amide bonds. The molecule has 4 atom stereocenters. The molecule has 2 aliphatic heterocycles. The summed E-state index contributed by atoms with van der Waals surface area (Å²) in [6, 6.07) is 0. The fourth-order valence-corrected chi connectivity index (χ4v) is 8.68. The first-order valence-corrected chi connectivity index (χ1v) is 12.5. The molecule has 2 N–H and O–H groups in total. The van der Waals surface area contributed by atoms with Crippen molar-refractivity contribution in [2.24, 2.45) is 23.2 Å². The number of nitrogens with one attached hydrogen (secondary N) is 2. The minimum Gasteiger partial charge on any atom is -0.370 e. The second kappa shape index (κ2) is 7.19. The number of halogens is 3. The van der Waals surface area contributed by atoms with E-state index in [0.29, 0.717) is 34.7 Å². The summed E-state index contributed by atoms with van der Waals surface area (Å²) in [6.45, 7) is -0.482. The van der Waals surface area contributed by atoms with Gasteiger partial charge in [0.15, 0.2) is 0 Å². The van der Waals surface area contributed by atoms with Gasteiger partial charge in [0.25, 0.3) is 5.91 Å². The van der Waals surface area contributed by atoms with Crippen LogP contribution in [-0.4, -0.2) is 30.6 Å². The van der Waals surface area contributed by atoms with Crippen LogP contribution in [0.5, 0.6) is 0 Å². The lowest BCUT2D eigenvalue weighted by Gasteiger charge is -2.31. The van der Waals surface area contributed by atoms with Gasteiger partial charge in [0.1, 0.15) is 5.00 Å². The van der Waals surface area contributed by atoms with Gasteiger partial charge < -0.3 is 15.4 Å². The summed E-state index contributed by atoms with van der Waals surface area (Å²) in [7, 11) is 0. The number of hydrogen-bond acceptors (Lipinski definition) is 4. The van der Waals surface area contributed by atoms with Crippen LogP contribution in [0.25, 0.3) is 0 Å². The van der Waals surface area contributed by atoms with Crippen molar-refractivity contribution in [1.29, 1.82) is 0 Å². The summed E-state index contributed by atoms with van der Waals surface area (Å²) in [4.78, 5) is 27.7. The first-order valence-electron chi connectivity index (χ1n) is 11.7. The van der Waals surface area contributed by atoms with Gasteiger partial charge in [-0.15, -0.1) is 11.3 Å². The third kappa shape index (κ3) is 3.30. The van der Waals surface area contributed by atoms with Gasteiger partial charge in [0.2, 0.25) is 5.91 Å². The molecule has 174 valence electrons. The molecule has 1 saturated heterocycles. The highest BCUT2D eigenvalue weighted by atomic mass is 32.1. The molecule has 6 aliphatic rings. The molecule has 5 fully saturated rings. The van der Waals surface area contributed by atoms with Gasteiger partial charge >= 0.3 is 6.18 Å². The molecule has 0 aromatic carbocycles. The Morgan fingerprint density at radius 2 is 1.88 bits per heavy atom. The number of rotatable bonds is 5. The molecule has 4 saturated carbocycles. The zero-order valence-electron chi connectivity index (χ0n) is 17.7. The Balaban J connectivity index is 1.29. The van der Waals surface area contributed by atoms with E-state index in [9.17, 15) is 22.8 Å². The largest absolute Gasteiger partial charge is 0.390 e. The van der Waals surface area contributed by atoms with Gasteiger partial charge in [-0.3, -0.25) is 9.59 Å². The normalized spacial score (nSPS) is 36.4. The van der Waals surface area contributed by atoms with Crippen LogP contribution in [0.1, 0.15) is 78.3 Å². The Morgan fingerprint density at radius 3 is 2.59 bits per heavy atom. The first kappa shape index (κ1) is 21.0. The monoisotopic (exact) mass is 468 g/mol. The first-order chi connectivity index (χ1) is 15.2. The average molecular weight is 469 g/mol. The van der Waals surface area contributed by atoms with Crippen molar-refractivity contribution in [2.75, 3.05) is 11.9 Å². The standard InChI is InChI=1S/C23H27F3N2O3S/c24-23(25,26)3-4-27-19(29)18-17-15-2-1-14(31-15)8-16(17)32-20(18)28-21(30)22-9-11-5-12(10-22)7-13(22)6-11/h11-15H,1-10H2,(H,27,29)(H,28,30). The number of ether oxygens (including phenoxy) is 1. The molecule has 4 aliphatic carbocycles. The Hall–Kier alpha value is -1.61. The fraction of sp³-hybridized carbons (Fsp3) is 0.739. The van der Waals surface area contributed by atoms with Crippen molar-refractivity contribution in [3.63, 3.8) is 0 Å². The molecule has 5 nitrogen and oxygen atoms in total. The number of anilines is 1. The van der Waals surface area contributed by atoms with Gasteiger partial charge in [-0.1, -0.05) is 0 Å². The van der Waals surface area contributed by atoms with E-state index in [2.05, 4.69) is 10.6 Å². The van der Waals surface area contributed by atoms with Crippen molar-refractivity contribution >= 4 is 28.2 Å². The van der Waals surface area contributed by atoms with Gasteiger partial charge in [0.05, 0.1) is 29.6 Å². The van der Waals surface area contributed by atoms with Gasteiger partial charge in [-0.2, -0.15) is 13.2 Å². The fourth-order valence-electron chi connectivity index (χ4n) is 7.37. The number of amides is 2. The van der Waals surface area contributed by atoms with E-state index < -0.39 is 25.0 Å². The van der Waals surface area contributed by atoms with Crippen LogP contribution in [0.2, 0.25) is 0 Å². The lowest BCUT2D eigenvalue weighted by Crippen LogP contribution is -2.38. The molecule has 4 unspecified atom stereocenters. The van der Waals surface area contributed by atoms with E-state index in [0.717, 1.165) is 49.0 Å². The summed E-state index contributed by atoms with van der Waals surface area (Å²) in [5, 5.41) is 6.02. The van der Waals surface area contributed by atoms with Crippen LogP contribution in [0.3, 0.4) is 0 Å². The molecule has 3 heterocycles. The Morgan fingerprint density at radius 1 is 1.12 bits per heavy atom. The Kier molecular flexibility index (Phi) is 4.71. The summed E-state index contributed by atoms with van der Waals surface area (Å²) >= 11 is 1.41. The second-order valence-electron chi connectivity index (χ2n) is 10.4. The molecule has 9 heteroatoms. The third-order valence-corrected chi connectivity index (χ3v) is 9.60. The summed E-state index contributed by atoms with van der Waals surface area (Å²) < 4.78 is 43.8. The summed E-state index contributed by atoms with van der Waals surface area (Å²) in [5.74, 6) is 1.13. The Bertz CT molecular complexity index is 960. The lowest BCUT2D eigenvalue weighted by atomic mass is 9.75. The van der Waals surface area contributed by atoms with Crippen molar-refractivity contribution in [3.05, 3.63) is 16.0 Å². The van der Waals surface area contributed by atoms with E-state index in [1.54, 1.807) is 0 Å². The number of carbonyl (C=O) groups excluding carboxylic acids is 2. The maximum absolute atomic E-state index is 13.6. The third-order valence-electron chi connectivity index (χ3n) is 8.45. The predicted molar refractivity (Wildman–Crippen MR) is 112 cm³/mol. The highest BCUT2D eigenvalue weighted by Crippen LogP contribution is 2.65. The van der Waals surface area contributed by atoms with Gasteiger partial charge in [0, 0.05) is 23.4 Å². The average Bonchev–Trinajstić information content (AvgIpc) is 3.40. The van der Waals surface area contributed by atoms with E-state index >= 15 is 0 Å².